The minimum Gasteiger partial charge on any atom is -0.316 e. The van der Waals surface area contributed by atoms with E-state index < -0.39 is 10.0 Å². The number of rotatable bonds is 4. The van der Waals surface area contributed by atoms with Gasteiger partial charge in [-0.2, -0.15) is 0 Å². The molecule has 3 aromatic rings. The van der Waals surface area contributed by atoms with E-state index in [4.69, 9.17) is 17.4 Å². The van der Waals surface area contributed by atoms with Crippen molar-refractivity contribution in [1.29, 1.82) is 0 Å². The van der Waals surface area contributed by atoms with Crippen molar-refractivity contribution in [3.63, 3.8) is 0 Å². The monoisotopic (exact) mass is 370 g/mol. The van der Waals surface area contributed by atoms with E-state index in [0.29, 0.717) is 0 Å². The van der Waals surface area contributed by atoms with Crippen LogP contribution in [0.5, 0.6) is 0 Å². The lowest BCUT2D eigenvalue weighted by molar-refractivity contribution is 0.598. The van der Waals surface area contributed by atoms with Gasteiger partial charge in [0.15, 0.2) is 0 Å². The molecule has 25 heavy (non-hydrogen) atoms. The van der Waals surface area contributed by atoms with Crippen molar-refractivity contribution >= 4 is 27.1 Å². The summed E-state index contributed by atoms with van der Waals surface area (Å²) in [6.07, 6.45) is 2.04. The standard InChI is InChI=1S/C19H18N2O2S2/c1-13-11-19(16-5-9-18(10-6-16)25(20,22)23)21(12-13)17-7-3-15(4-8-17)14(2)24/h3-12H,1-2H3,(H2,20,22,23). The Bertz CT molecular complexity index is 1030. The molecule has 2 N–H and O–H groups in total. The number of hydrogen-bond donors (Lipinski definition) is 1. The van der Waals surface area contributed by atoms with Crippen LogP contribution >= 0.6 is 12.2 Å². The third kappa shape index (κ3) is 3.71. The normalized spacial score (nSPS) is 11.5. The van der Waals surface area contributed by atoms with Crippen LogP contribution in [-0.2, 0) is 10.0 Å². The zero-order chi connectivity index (χ0) is 18.2. The van der Waals surface area contributed by atoms with E-state index in [1.807, 2.05) is 44.3 Å². The first-order valence-corrected chi connectivity index (χ1v) is 9.65. The molecule has 6 heteroatoms. The summed E-state index contributed by atoms with van der Waals surface area (Å²) >= 11 is 5.20. The van der Waals surface area contributed by atoms with Crippen LogP contribution in [-0.4, -0.2) is 17.8 Å². The maximum atomic E-state index is 11.4. The van der Waals surface area contributed by atoms with Crippen molar-refractivity contribution in [3.05, 3.63) is 71.9 Å². The molecular weight excluding hydrogens is 352 g/mol. The molecule has 0 spiro atoms. The summed E-state index contributed by atoms with van der Waals surface area (Å²) in [4.78, 5) is 0.959. The SMILES string of the molecule is CC(=S)c1ccc(-n2cc(C)cc2-c2ccc(S(N)(=O)=O)cc2)cc1. The van der Waals surface area contributed by atoms with E-state index in [2.05, 4.69) is 10.6 Å². The lowest BCUT2D eigenvalue weighted by atomic mass is 10.1. The number of thiocarbonyl (C=S) groups is 1. The zero-order valence-corrected chi connectivity index (χ0v) is 15.6. The molecule has 2 aromatic carbocycles. The molecule has 0 aliphatic rings. The molecule has 0 atom stereocenters. The first kappa shape index (κ1) is 17.5. The number of sulfonamides is 1. The van der Waals surface area contributed by atoms with Gasteiger partial charge in [0.25, 0.3) is 0 Å². The summed E-state index contributed by atoms with van der Waals surface area (Å²) < 4.78 is 24.9. The van der Waals surface area contributed by atoms with Crippen molar-refractivity contribution in [2.75, 3.05) is 0 Å². The van der Waals surface area contributed by atoms with E-state index in [-0.39, 0.29) is 4.90 Å². The highest BCUT2D eigenvalue weighted by Crippen LogP contribution is 2.27. The molecule has 1 heterocycles. The summed E-state index contributed by atoms with van der Waals surface area (Å²) in [5, 5.41) is 5.17. The summed E-state index contributed by atoms with van der Waals surface area (Å²) in [5.41, 5.74) is 5.04. The molecule has 128 valence electrons. The minimum absolute atomic E-state index is 0.104. The first-order chi connectivity index (χ1) is 11.8. The summed E-state index contributed by atoms with van der Waals surface area (Å²) in [7, 11) is -3.69. The Morgan fingerprint density at radius 3 is 2.16 bits per heavy atom. The summed E-state index contributed by atoms with van der Waals surface area (Å²) in [6.45, 7) is 3.93. The predicted molar refractivity (Wildman–Crippen MR) is 105 cm³/mol. The largest absolute Gasteiger partial charge is 0.316 e. The average Bonchev–Trinajstić information content (AvgIpc) is 2.96. The molecule has 0 saturated carbocycles. The summed E-state index contributed by atoms with van der Waals surface area (Å²) in [5.74, 6) is 0. The van der Waals surface area contributed by atoms with Crippen LogP contribution in [0.3, 0.4) is 0 Å². The van der Waals surface area contributed by atoms with Crippen molar-refractivity contribution in [2.45, 2.75) is 18.7 Å². The third-order valence-electron chi connectivity index (χ3n) is 3.99. The zero-order valence-electron chi connectivity index (χ0n) is 13.9. The highest BCUT2D eigenvalue weighted by Gasteiger charge is 2.11. The number of nitrogens with two attached hydrogens (primary N) is 1. The van der Waals surface area contributed by atoms with Gasteiger partial charge < -0.3 is 4.57 Å². The van der Waals surface area contributed by atoms with Gasteiger partial charge in [-0.15, -0.1) is 0 Å². The van der Waals surface area contributed by atoms with Gasteiger partial charge in [0.2, 0.25) is 10.0 Å². The van der Waals surface area contributed by atoms with Gasteiger partial charge in [0.1, 0.15) is 0 Å². The van der Waals surface area contributed by atoms with Gasteiger partial charge in [0.05, 0.1) is 10.6 Å². The lowest BCUT2D eigenvalue weighted by Gasteiger charge is -2.11. The Balaban J connectivity index is 2.05. The molecule has 0 saturated heterocycles. The number of aromatic nitrogens is 1. The predicted octanol–water partition coefficient (Wildman–Crippen LogP) is 3.84. The van der Waals surface area contributed by atoms with Gasteiger partial charge >= 0.3 is 0 Å². The van der Waals surface area contributed by atoms with Crippen molar-refractivity contribution in [1.82, 2.24) is 4.57 Å². The molecule has 1 aromatic heterocycles. The van der Waals surface area contributed by atoms with Crippen LogP contribution in [0.25, 0.3) is 16.9 Å². The second-order valence-corrected chi connectivity index (χ2v) is 8.12. The lowest BCUT2D eigenvalue weighted by Crippen LogP contribution is -2.11. The van der Waals surface area contributed by atoms with E-state index in [9.17, 15) is 8.42 Å². The molecule has 0 radical (unpaired) electrons. The van der Waals surface area contributed by atoms with Gasteiger partial charge in [-0.3, -0.25) is 0 Å². The molecule has 0 unspecified atom stereocenters. The van der Waals surface area contributed by atoms with Crippen LogP contribution in [0.4, 0.5) is 0 Å². The van der Waals surface area contributed by atoms with E-state index in [1.54, 1.807) is 12.1 Å². The maximum absolute atomic E-state index is 11.4. The van der Waals surface area contributed by atoms with Crippen molar-refractivity contribution in [2.24, 2.45) is 5.14 Å². The number of benzene rings is 2. The first-order valence-electron chi connectivity index (χ1n) is 7.69. The molecule has 0 fully saturated rings. The van der Waals surface area contributed by atoms with E-state index in [1.165, 1.54) is 12.1 Å². The minimum atomic E-state index is -3.69. The van der Waals surface area contributed by atoms with Crippen LogP contribution in [0.1, 0.15) is 18.1 Å². The Morgan fingerprint density at radius 1 is 1.04 bits per heavy atom. The van der Waals surface area contributed by atoms with Crippen LogP contribution in [0, 0.1) is 6.92 Å². The molecule has 0 aliphatic heterocycles. The van der Waals surface area contributed by atoms with Gasteiger partial charge in [0, 0.05) is 16.7 Å². The fourth-order valence-corrected chi connectivity index (χ4v) is 3.36. The molecule has 0 bridgehead atoms. The highest BCUT2D eigenvalue weighted by atomic mass is 32.2. The van der Waals surface area contributed by atoms with Crippen molar-refractivity contribution in [3.8, 4) is 16.9 Å². The number of primary sulfonamides is 1. The Kier molecular flexibility index (Phi) is 4.60. The Labute approximate surface area is 153 Å². The molecule has 0 aliphatic carbocycles. The molecular formula is C19H18N2O2S2. The van der Waals surface area contributed by atoms with E-state index >= 15 is 0 Å². The highest BCUT2D eigenvalue weighted by molar-refractivity contribution is 7.89. The topological polar surface area (TPSA) is 65.1 Å². The molecule has 3 rings (SSSR count). The van der Waals surface area contributed by atoms with Crippen LogP contribution in [0.2, 0.25) is 0 Å². The smallest absolute Gasteiger partial charge is 0.238 e. The van der Waals surface area contributed by atoms with Gasteiger partial charge in [-0.25, -0.2) is 13.6 Å². The van der Waals surface area contributed by atoms with Gasteiger partial charge in [-0.05, 0) is 60.9 Å². The third-order valence-corrected chi connectivity index (χ3v) is 5.15. The van der Waals surface area contributed by atoms with Crippen LogP contribution < -0.4 is 5.14 Å². The Morgan fingerprint density at radius 2 is 1.64 bits per heavy atom. The number of aryl methyl sites for hydroxylation is 1. The second kappa shape index (κ2) is 6.55. The Hall–Kier alpha value is -2.28. The maximum Gasteiger partial charge on any atom is 0.238 e. The molecule has 0 amide bonds. The van der Waals surface area contributed by atoms with Crippen LogP contribution in [0.15, 0.2) is 65.7 Å². The fourth-order valence-electron chi connectivity index (χ4n) is 2.70. The molecule has 4 nitrogen and oxygen atoms in total. The van der Waals surface area contributed by atoms with Crippen molar-refractivity contribution < 1.29 is 8.42 Å². The van der Waals surface area contributed by atoms with E-state index in [0.717, 1.165) is 32.9 Å². The fraction of sp³-hybridized carbons (Fsp3) is 0.105. The van der Waals surface area contributed by atoms with Gasteiger partial charge in [-0.1, -0.05) is 36.5 Å². The quantitative estimate of drug-likeness (QED) is 0.560. The number of hydrogen-bond acceptors (Lipinski definition) is 3. The number of nitrogens with zero attached hydrogens (tertiary/aromatic N) is 1. The average molecular weight is 370 g/mol. The summed E-state index contributed by atoms with van der Waals surface area (Å²) in [6, 6.07) is 16.7. The second-order valence-electron chi connectivity index (χ2n) is 5.95.